The Morgan fingerprint density at radius 1 is 1.30 bits per heavy atom. The van der Waals surface area contributed by atoms with Crippen LogP contribution in [0.15, 0.2) is 23.1 Å². The van der Waals surface area contributed by atoms with Crippen molar-refractivity contribution >= 4 is 21.6 Å². The summed E-state index contributed by atoms with van der Waals surface area (Å²) < 4.78 is 40.6. The van der Waals surface area contributed by atoms with Gasteiger partial charge in [-0.25, -0.2) is 17.5 Å². The van der Waals surface area contributed by atoms with Crippen LogP contribution in [0.3, 0.4) is 0 Å². The minimum atomic E-state index is -4.36. The van der Waals surface area contributed by atoms with E-state index in [0.717, 1.165) is 18.6 Å². The molecule has 0 aliphatic heterocycles. The lowest BCUT2D eigenvalue weighted by Crippen LogP contribution is -2.46. The highest BCUT2D eigenvalue weighted by atomic mass is 32.2. The van der Waals surface area contributed by atoms with Gasteiger partial charge in [0, 0.05) is 11.6 Å². The molecule has 1 aliphatic rings. The molecule has 1 fully saturated rings. The van der Waals surface area contributed by atoms with Gasteiger partial charge in [-0.3, -0.25) is 14.9 Å². The van der Waals surface area contributed by atoms with Gasteiger partial charge in [-0.15, -0.1) is 0 Å². The lowest BCUT2D eigenvalue weighted by molar-refractivity contribution is -0.385. The van der Waals surface area contributed by atoms with Gasteiger partial charge in [0.2, 0.25) is 0 Å². The van der Waals surface area contributed by atoms with Crippen LogP contribution in [0.1, 0.15) is 37.7 Å². The zero-order valence-corrected chi connectivity index (χ0v) is 13.4. The van der Waals surface area contributed by atoms with E-state index in [9.17, 15) is 27.7 Å². The predicted molar refractivity (Wildman–Crippen MR) is 80.1 cm³/mol. The maximum atomic E-state index is 14.5. The van der Waals surface area contributed by atoms with Crippen LogP contribution in [0.5, 0.6) is 0 Å². The van der Waals surface area contributed by atoms with Crippen molar-refractivity contribution in [3.05, 3.63) is 33.9 Å². The average Bonchev–Trinajstić information content (AvgIpc) is 2.47. The fourth-order valence-electron chi connectivity index (χ4n) is 2.56. The topological polar surface area (TPSA) is 106 Å². The first-order valence-electron chi connectivity index (χ1n) is 7.17. The number of nitrogens with one attached hydrogen (secondary N) is 1. The summed E-state index contributed by atoms with van der Waals surface area (Å²) in [5.41, 5.74) is -2.30. The Hall–Kier alpha value is -2.03. The highest BCUT2D eigenvalue weighted by molar-refractivity contribution is 7.90. The maximum Gasteiger partial charge on any atom is 0.273 e. The molecule has 126 valence electrons. The molecule has 0 aromatic heterocycles. The van der Waals surface area contributed by atoms with Gasteiger partial charge in [0.1, 0.15) is 0 Å². The van der Waals surface area contributed by atoms with Crippen LogP contribution in [0.25, 0.3) is 0 Å². The summed E-state index contributed by atoms with van der Waals surface area (Å²) >= 11 is 0. The van der Waals surface area contributed by atoms with Crippen molar-refractivity contribution in [3.8, 4) is 0 Å². The highest BCUT2D eigenvalue weighted by Gasteiger charge is 2.41. The van der Waals surface area contributed by atoms with E-state index in [1.54, 1.807) is 4.72 Å². The number of carbonyl (C=O) groups is 1. The molecule has 1 aromatic rings. The molecule has 0 spiro atoms. The number of aryl methyl sites for hydroxylation is 1. The second-order valence-electron chi connectivity index (χ2n) is 5.67. The number of hydrogen-bond acceptors (Lipinski definition) is 5. The van der Waals surface area contributed by atoms with E-state index in [0.29, 0.717) is 12.8 Å². The molecule has 7 nitrogen and oxygen atoms in total. The molecule has 0 unspecified atom stereocenters. The quantitative estimate of drug-likeness (QED) is 0.666. The van der Waals surface area contributed by atoms with Crippen molar-refractivity contribution in [2.45, 2.75) is 49.6 Å². The minimum absolute atomic E-state index is 0.0254. The molecule has 9 heteroatoms. The van der Waals surface area contributed by atoms with Gasteiger partial charge in [0.25, 0.3) is 21.6 Å². The summed E-state index contributed by atoms with van der Waals surface area (Å²) in [6, 6.07) is 3.27. The highest BCUT2D eigenvalue weighted by Crippen LogP contribution is 2.32. The molecular weight excluding hydrogens is 327 g/mol. The Labute approximate surface area is 133 Å². The van der Waals surface area contributed by atoms with E-state index in [2.05, 4.69) is 0 Å². The Morgan fingerprint density at radius 2 is 1.91 bits per heavy atom. The van der Waals surface area contributed by atoms with E-state index in [1.165, 1.54) is 13.0 Å². The van der Waals surface area contributed by atoms with Crippen LogP contribution in [-0.2, 0) is 14.8 Å². The summed E-state index contributed by atoms with van der Waals surface area (Å²) in [5.74, 6) is -1.21. The van der Waals surface area contributed by atoms with E-state index >= 15 is 0 Å². The number of nitro benzene ring substituents is 1. The van der Waals surface area contributed by atoms with Gasteiger partial charge in [0.05, 0.1) is 9.82 Å². The molecule has 2 rings (SSSR count). The number of alkyl halides is 1. The van der Waals surface area contributed by atoms with Crippen molar-refractivity contribution in [1.82, 2.24) is 4.72 Å². The largest absolute Gasteiger partial charge is 0.273 e. The first-order valence-corrected chi connectivity index (χ1v) is 8.65. The van der Waals surface area contributed by atoms with Crippen molar-refractivity contribution in [3.63, 3.8) is 0 Å². The first-order chi connectivity index (χ1) is 10.7. The molecular formula is C14H17FN2O5S. The van der Waals surface area contributed by atoms with Crippen LogP contribution in [0.4, 0.5) is 10.1 Å². The Morgan fingerprint density at radius 3 is 2.48 bits per heavy atom. The standard InChI is InChI=1S/C14H17FN2O5S/c1-10-5-6-11(9-12(10)17(19)20)23(21,22)16-13(18)14(15)7-3-2-4-8-14/h5-6,9H,2-4,7-8H2,1H3,(H,16,18). The molecule has 23 heavy (non-hydrogen) atoms. The Bertz CT molecular complexity index is 742. The molecule has 1 N–H and O–H groups in total. The Balaban J connectivity index is 2.27. The van der Waals surface area contributed by atoms with E-state index < -0.39 is 31.4 Å². The van der Waals surface area contributed by atoms with Gasteiger partial charge >= 0.3 is 0 Å². The molecule has 1 saturated carbocycles. The van der Waals surface area contributed by atoms with Crippen molar-refractivity contribution in [1.29, 1.82) is 0 Å². The van der Waals surface area contributed by atoms with Gasteiger partial charge in [-0.1, -0.05) is 12.5 Å². The second kappa shape index (κ2) is 6.23. The minimum Gasteiger partial charge on any atom is -0.270 e. The summed E-state index contributed by atoms with van der Waals surface area (Å²) in [7, 11) is -4.36. The molecule has 0 atom stereocenters. The first kappa shape index (κ1) is 17.3. The Kier molecular flexibility index (Phi) is 4.69. The number of benzene rings is 1. The van der Waals surface area contributed by atoms with Crippen molar-refractivity contribution in [2.24, 2.45) is 0 Å². The monoisotopic (exact) mass is 344 g/mol. The van der Waals surface area contributed by atoms with Crippen LogP contribution in [0.2, 0.25) is 0 Å². The molecule has 0 bridgehead atoms. The number of nitro groups is 1. The third-order valence-corrected chi connectivity index (χ3v) is 5.30. The van der Waals surface area contributed by atoms with Gasteiger partial charge in [-0.05, 0) is 38.7 Å². The fraction of sp³-hybridized carbons (Fsp3) is 0.500. The smallest absolute Gasteiger partial charge is 0.270 e. The normalized spacial score (nSPS) is 17.5. The fourth-order valence-corrected chi connectivity index (χ4v) is 3.62. The number of carbonyl (C=O) groups excluding carboxylic acids is 1. The molecule has 0 heterocycles. The molecule has 0 radical (unpaired) electrons. The van der Waals surface area contributed by atoms with Gasteiger partial charge < -0.3 is 0 Å². The molecule has 1 aliphatic carbocycles. The summed E-state index contributed by atoms with van der Waals surface area (Å²) in [6.07, 6.45) is 1.78. The van der Waals surface area contributed by atoms with E-state index in [4.69, 9.17) is 0 Å². The number of halogens is 1. The van der Waals surface area contributed by atoms with Crippen LogP contribution >= 0.6 is 0 Å². The average molecular weight is 344 g/mol. The number of sulfonamides is 1. The van der Waals surface area contributed by atoms with E-state index in [1.807, 2.05) is 0 Å². The van der Waals surface area contributed by atoms with Gasteiger partial charge in [-0.2, -0.15) is 0 Å². The van der Waals surface area contributed by atoms with E-state index in [-0.39, 0.29) is 24.1 Å². The zero-order valence-electron chi connectivity index (χ0n) is 12.5. The third-order valence-electron chi connectivity index (χ3n) is 3.97. The maximum absolute atomic E-state index is 14.5. The van der Waals surface area contributed by atoms with Crippen LogP contribution in [-0.4, -0.2) is 24.9 Å². The lowest BCUT2D eigenvalue weighted by Gasteiger charge is -2.27. The zero-order chi connectivity index (χ0) is 17.3. The second-order valence-corrected chi connectivity index (χ2v) is 7.35. The lowest BCUT2D eigenvalue weighted by atomic mass is 9.86. The SMILES string of the molecule is Cc1ccc(S(=O)(=O)NC(=O)C2(F)CCCCC2)cc1[N+](=O)[O-]. The van der Waals surface area contributed by atoms with Crippen LogP contribution < -0.4 is 4.72 Å². The van der Waals surface area contributed by atoms with Crippen molar-refractivity contribution in [2.75, 3.05) is 0 Å². The third kappa shape index (κ3) is 3.66. The number of hydrogen-bond donors (Lipinski definition) is 1. The number of nitrogens with zero attached hydrogens (tertiary/aromatic N) is 1. The van der Waals surface area contributed by atoms with Gasteiger partial charge in [0.15, 0.2) is 5.67 Å². The number of amides is 1. The predicted octanol–water partition coefficient (Wildman–Crippen LogP) is 2.38. The molecule has 0 saturated heterocycles. The summed E-state index contributed by atoms with van der Waals surface area (Å²) in [6.45, 7) is 1.46. The van der Waals surface area contributed by atoms with Crippen molar-refractivity contribution < 1.29 is 22.5 Å². The summed E-state index contributed by atoms with van der Waals surface area (Å²) in [5, 5.41) is 10.9. The summed E-state index contributed by atoms with van der Waals surface area (Å²) in [4.78, 5) is 21.7. The number of rotatable bonds is 4. The molecule has 1 aromatic carbocycles. The van der Waals surface area contributed by atoms with Crippen LogP contribution in [0, 0.1) is 17.0 Å². The molecule has 1 amide bonds.